The summed E-state index contributed by atoms with van der Waals surface area (Å²) in [5.74, 6) is 1.47. The van der Waals surface area contributed by atoms with Gasteiger partial charge in [-0.15, -0.1) is 0 Å². The van der Waals surface area contributed by atoms with Crippen molar-refractivity contribution in [3.05, 3.63) is 64.3 Å². The summed E-state index contributed by atoms with van der Waals surface area (Å²) in [6, 6.07) is 13.5. The second-order valence-corrected chi connectivity index (χ2v) is 10.5. The lowest BCUT2D eigenvalue weighted by atomic mass is 10.2. The molecule has 212 valence electrons. The van der Waals surface area contributed by atoms with Crippen LogP contribution in [0.5, 0.6) is 5.88 Å². The van der Waals surface area contributed by atoms with Crippen molar-refractivity contribution in [1.82, 2.24) is 28.7 Å². The van der Waals surface area contributed by atoms with Crippen LogP contribution in [-0.2, 0) is 17.8 Å². The molecule has 0 bridgehead atoms. The number of hydrogen-bond acceptors (Lipinski definition) is 7. The molecule has 0 unspecified atom stereocenters. The molecule has 1 amide bonds. The van der Waals surface area contributed by atoms with Gasteiger partial charge in [0, 0.05) is 57.9 Å². The first-order valence-corrected chi connectivity index (χ1v) is 14.1. The number of piperazine rings is 1. The number of fused-ring (bicyclic) bond motifs is 3. The van der Waals surface area contributed by atoms with Crippen molar-refractivity contribution in [2.45, 2.75) is 39.7 Å². The van der Waals surface area contributed by atoms with Crippen molar-refractivity contribution in [2.75, 3.05) is 58.3 Å². The number of anilines is 1. The highest BCUT2D eigenvalue weighted by atomic mass is 16.5. The van der Waals surface area contributed by atoms with Crippen molar-refractivity contribution >= 4 is 28.3 Å². The monoisotopic (exact) mass is 545 g/mol. The molecule has 1 aromatic carbocycles. The Morgan fingerprint density at radius 3 is 2.42 bits per heavy atom. The smallest absolute Gasteiger partial charge is 0.277 e. The molecule has 10 nitrogen and oxygen atoms in total. The highest BCUT2D eigenvalue weighted by Crippen LogP contribution is 2.21. The zero-order valence-corrected chi connectivity index (χ0v) is 24.0. The molecule has 0 atom stereocenters. The summed E-state index contributed by atoms with van der Waals surface area (Å²) in [4.78, 5) is 42.3. The Kier molecular flexibility index (Phi) is 8.46. The Morgan fingerprint density at radius 1 is 1.00 bits per heavy atom. The standard InChI is InChI=1S/C30H39N7O3/c1-5-10-25-31-22(2)28-30(39)36(24-13-14-26(40-4)32-29(24)37(25)28)16-9-15-34-17-19-35(20-18-34)21-27(38)33(3)23-11-7-6-8-12-23/h6-8,11-14H,5,9-10,15-21H2,1-4H3. The van der Waals surface area contributed by atoms with E-state index in [-0.39, 0.29) is 11.5 Å². The lowest BCUT2D eigenvalue weighted by Gasteiger charge is -2.35. The van der Waals surface area contributed by atoms with Crippen LogP contribution in [0.3, 0.4) is 0 Å². The maximum atomic E-state index is 13.7. The molecule has 4 aromatic rings. The third-order valence-corrected chi connectivity index (χ3v) is 7.78. The topological polar surface area (TPSA) is 88.2 Å². The SMILES string of the molecule is CCCc1nc(C)c2c(=O)n(CCCN3CCN(CC(=O)N(C)c4ccccc4)CC3)c3ccc(OC)nc3n12. The zero-order valence-electron chi connectivity index (χ0n) is 24.0. The molecule has 3 aromatic heterocycles. The van der Waals surface area contributed by atoms with E-state index in [9.17, 15) is 9.59 Å². The molecule has 10 heteroatoms. The summed E-state index contributed by atoms with van der Waals surface area (Å²) >= 11 is 0. The molecular weight excluding hydrogens is 506 g/mol. The number of para-hydroxylation sites is 1. The van der Waals surface area contributed by atoms with Crippen molar-refractivity contribution in [2.24, 2.45) is 0 Å². The lowest BCUT2D eigenvalue weighted by molar-refractivity contribution is -0.119. The minimum atomic E-state index is -0.0299. The maximum Gasteiger partial charge on any atom is 0.277 e. The highest BCUT2D eigenvalue weighted by molar-refractivity contribution is 5.94. The minimum absolute atomic E-state index is 0.0299. The second-order valence-electron chi connectivity index (χ2n) is 10.5. The number of methoxy groups -OCH3 is 1. The van der Waals surface area contributed by atoms with Gasteiger partial charge in [-0.2, -0.15) is 4.98 Å². The van der Waals surface area contributed by atoms with Crippen LogP contribution in [0, 0.1) is 6.92 Å². The number of aromatic nitrogens is 4. The van der Waals surface area contributed by atoms with Crippen LogP contribution in [0.25, 0.3) is 16.7 Å². The lowest BCUT2D eigenvalue weighted by Crippen LogP contribution is -2.50. The molecule has 0 aliphatic carbocycles. The van der Waals surface area contributed by atoms with Crippen molar-refractivity contribution in [3.63, 3.8) is 0 Å². The van der Waals surface area contributed by atoms with E-state index in [0.717, 1.165) is 74.7 Å². The number of amides is 1. The Balaban J connectivity index is 1.24. The van der Waals surface area contributed by atoms with Crippen LogP contribution >= 0.6 is 0 Å². The predicted octanol–water partition coefficient (Wildman–Crippen LogP) is 2.98. The summed E-state index contributed by atoms with van der Waals surface area (Å²) < 4.78 is 9.17. The molecule has 1 aliphatic heterocycles. The Morgan fingerprint density at radius 2 is 1.73 bits per heavy atom. The van der Waals surface area contributed by atoms with Gasteiger partial charge in [0.15, 0.2) is 5.65 Å². The Labute approximate surface area is 234 Å². The molecule has 0 radical (unpaired) electrons. The van der Waals surface area contributed by atoms with Gasteiger partial charge in [-0.1, -0.05) is 25.1 Å². The second kappa shape index (κ2) is 12.2. The molecule has 1 aliphatic rings. The molecule has 4 heterocycles. The van der Waals surface area contributed by atoms with Gasteiger partial charge in [-0.05, 0) is 44.5 Å². The van der Waals surface area contributed by atoms with Crippen molar-refractivity contribution < 1.29 is 9.53 Å². The number of nitrogens with zero attached hydrogens (tertiary/aromatic N) is 7. The number of rotatable bonds is 10. The fraction of sp³-hybridized carbons (Fsp3) is 0.467. The Bertz CT molecular complexity index is 1540. The predicted molar refractivity (Wildman–Crippen MR) is 157 cm³/mol. The highest BCUT2D eigenvalue weighted by Gasteiger charge is 2.22. The maximum absolute atomic E-state index is 13.7. The number of aryl methyl sites for hydroxylation is 3. The fourth-order valence-corrected chi connectivity index (χ4v) is 5.55. The number of ether oxygens (including phenoxy) is 1. The van der Waals surface area contributed by atoms with Gasteiger partial charge >= 0.3 is 0 Å². The first-order valence-electron chi connectivity index (χ1n) is 14.1. The number of pyridine rings is 1. The minimum Gasteiger partial charge on any atom is -0.481 e. The molecule has 40 heavy (non-hydrogen) atoms. The van der Waals surface area contributed by atoms with E-state index < -0.39 is 0 Å². The van der Waals surface area contributed by atoms with Crippen LogP contribution in [-0.4, -0.2) is 88.1 Å². The van der Waals surface area contributed by atoms with Crippen LogP contribution in [0.1, 0.15) is 31.3 Å². The van der Waals surface area contributed by atoms with Crippen molar-refractivity contribution in [3.8, 4) is 5.88 Å². The third kappa shape index (κ3) is 5.59. The summed E-state index contributed by atoms with van der Waals surface area (Å²) in [5, 5.41) is 0. The van der Waals surface area contributed by atoms with E-state index in [0.29, 0.717) is 30.1 Å². The van der Waals surface area contributed by atoms with E-state index in [2.05, 4.69) is 16.7 Å². The van der Waals surface area contributed by atoms with E-state index in [1.165, 1.54) is 0 Å². The number of benzene rings is 1. The van der Waals surface area contributed by atoms with Crippen LogP contribution in [0.2, 0.25) is 0 Å². The molecule has 1 saturated heterocycles. The molecular formula is C30H39N7O3. The van der Waals surface area contributed by atoms with Gasteiger partial charge in [-0.3, -0.25) is 18.9 Å². The van der Waals surface area contributed by atoms with E-state index in [4.69, 9.17) is 14.7 Å². The quantitative estimate of drug-likeness (QED) is 0.303. The molecule has 1 fully saturated rings. The van der Waals surface area contributed by atoms with Crippen molar-refractivity contribution in [1.29, 1.82) is 0 Å². The zero-order chi connectivity index (χ0) is 28.2. The Hall–Kier alpha value is -3.76. The van der Waals surface area contributed by atoms with Gasteiger partial charge in [-0.25, -0.2) is 4.98 Å². The van der Waals surface area contributed by atoms with E-state index in [1.807, 2.05) is 65.4 Å². The summed E-state index contributed by atoms with van der Waals surface area (Å²) in [5.41, 5.74) is 3.70. The largest absolute Gasteiger partial charge is 0.481 e. The number of imidazole rings is 1. The number of carbonyl (C=O) groups is 1. The van der Waals surface area contributed by atoms with Crippen LogP contribution in [0.15, 0.2) is 47.3 Å². The number of likely N-dealkylation sites (N-methyl/N-ethyl adjacent to an activating group) is 1. The average Bonchev–Trinajstić information content (AvgIpc) is 3.31. The summed E-state index contributed by atoms with van der Waals surface area (Å²) in [6.45, 7) is 9.40. The summed E-state index contributed by atoms with van der Waals surface area (Å²) in [7, 11) is 3.43. The molecule has 0 saturated carbocycles. The first-order chi connectivity index (χ1) is 19.4. The van der Waals surface area contributed by atoms with Crippen LogP contribution in [0.4, 0.5) is 5.69 Å². The summed E-state index contributed by atoms with van der Waals surface area (Å²) in [6.07, 6.45) is 2.53. The first kappa shape index (κ1) is 27.8. The average molecular weight is 546 g/mol. The number of hydrogen-bond donors (Lipinski definition) is 0. The van der Waals surface area contributed by atoms with Crippen LogP contribution < -0.4 is 15.2 Å². The molecule has 0 N–H and O–H groups in total. The molecule has 0 spiro atoms. The van der Waals surface area contributed by atoms with Gasteiger partial charge in [0.25, 0.3) is 5.56 Å². The van der Waals surface area contributed by atoms with Gasteiger partial charge in [0.1, 0.15) is 11.3 Å². The van der Waals surface area contributed by atoms with Gasteiger partial charge in [0.05, 0.1) is 24.9 Å². The fourth-order valence-electron chi connectivity index (χ4n) is 5.55. The van der Waals surface area contributed by atoms with E-state index >= 15 is 0 Å². The van der Waals surface area contributed by atoms with Gasteiger partial charge < -0.3 is 19.1 Å². The number of carbonyl (C=O) groups excluding carboxylic acids is 1. The van der Waals surface area contributed by atoms with Gasteiger partial charge in [0.2, 0.25) is 11.8 Å². The third-order valence-electron chi connectivity index (χ3n) is 7.78. The molecule has 5 rings (SSSR count). The normalized spacial score (nSPS) is 14.7. The van der Waals surface area contributed by atoms with E-state index in [1.54, 1.807) is 12.0 Å².